The predicted octanol–water partition coefficient (Wildman–Crippen LogP) is -0.745. The molecule has 0 radical (unpaired) electrons. The maximum atomic E-state index is 11.8. The van der Waals surface area contributed by atoms with Crippen LogP contribution in [0.15, 0.2) is 16.1 Å². The van der Waals surface area contributed by atoms with E-state index in [0.717, 1.165) is 0 Å². The van der Waals surface area contributed by atoms with Gasteiger partial charge < -0.3 is 20.8 Å². The van der Waals surface area contributed by atoms with E-state index in [1.165, 1.54) is 6.39 Å². The lowest BCUT2D eigenvalue weighted by Crippen LogP contribution is -2.41. The van der Waals surface area contributed by atoms with E-state index in [1.807, 2.05) is 0 Å². The van der Waals surface area contributed by atoms with Gasteiger partial charge in [0.2, 0.25) is 12.3 Å². The first kappa shape index (κ1) is 11.4. The Hall–Kier alpha value is -2.12. The summed E-state index contributed by atoms with van der Waals surface area (Å²) in [5.41, 5.74) is 4.67. The molecular weight excluding hydrogens is 226 g/mol. The van der Waals surface area contributed by atoms with Crippen molar-refractivity contribution < 1.29 is 14.5 Å². The van der Waals surface area contributed by atoms with Crippen molar-refractivity contribution in [3.8, 4) is 0 Å². The van der Waals surface area contributed by atoms with Gasteiger partial charge in [0, 0.05) is 13.0 Å². The molecule has 1 fully saturated rings. The predicted molar refractivity (Wildman–Crippen MR) is 56.1 cm³/mol. The molecule has 1 saturated carbocycles. The van der Waals surface area contributed by atoms with Crippen molar-refractivity contribution in [1.29, 1.82) is 0 Å². The van der Waals surface area contributed by atoms with E-state index in [4.69, 9.17) is 10.9 Å². The van der Waals surface area contributed by atoms with Crippen molar-refractivity contribution in [3.05, 3.63) is 12.2 Å². The number of carbonyl (C=O) groups excluding carboxylic acids is 1. The molecule has 1 aliphatic rings. The van der Waals surface area contributed by atoms with Crippen molar-refractivity contribution in [1.82, 2.24) is 15.5 Å². The SMILES string of the molecule is NC(=NO)C1(C(=O)NCCc2ncon2)CC1. The maximum absolute atomic E-state index is 11.8. The molecule has 1 aliphatic carbocycles. The molecule has 92 valence electrons. The summed E-state index contributed by atoms with van der Waals surface area (Å²) in [6.45, 7) is 0.388. The summed E-state index contributed by atoms with van der Waals surface area (Å²) < 4.78 is 4.56. The van der Waals surface area contributed by atoms with Gasteiger partial charge in [-0.2, -0.15) is 4.98 Å². The summed E-state index contributed by atoms with van der Waals surface area (Å²) in [6, 6.07) is 0. The number of nitrogens with two attached hydrogens (primary N) is 1. The zero-order valence-electron chi connectivity index (χ0n) is 9.09. The Labute approximate surface area is 96.9 Å². The molecule has 0 bridgehead atoms. The molecule has 0 aliphatic heterocycles. The number of rotatable bonds is 5. The number of nitrogens with zero attached hydrogens (tertiary/aromatic N) is 3. The molecule has 0 unspecified atom stereocenters. The lowest BCUT2D eigenvalue weighted by atomic mass is 10.1. The summed E-state index contributed by atoms with van der Waals surface area (Å²) in [4.78, 5) is 15.6. The second-order valence-corrected chi connectivity index (χ2v) is 3.92. The smallest absolute Gasteiger partial charge is 0.233 e. The standard InChI is InChI=1S/C9H13N5O3/c10-7(13-16)9(2-3-9)8(15)11-4-1-6-12-5-17-14-6/h5,16H,1-4H2,(H2,10,13)(H,11,15). The Morgan fingerprint density at radius 2 is 2.47 bits per heavy atom. The van der Waals surface area contributed by atoms with Crippen molar-refractivity contribution in [2.24, 2.45) is 16.3 Å². The maximum Gasteiger partial charge on any atom is 0.233 e. The van der Waals surface area contributed by atoms with Crippen LogP contribution in [0.2, 0.25) is 0 Å². The Morgan fingerprint density at radius 1 is 1.71 bits per heavy atom. The summed E-state index contributed by atoms with van der Waals surface area (Å²) in [6.07, 6.45) is 2.93. The Morgan fingerprint density at radius 3 is 3.00 bits per heavy atom. The molecule has 2 rings (SSSR count). The fraction of sp³-hybridized carbons (Fsp3) is 0.556. The van der Waals surface area contributed by atoms with Crippen molar-refractivity contribution in [2.45, 2.75) is 19.3 Å². The number of oxime groups is 1. The van der Waals surface area contributed by atoms with Crippen LogP contribution in [0, 0.1) is 5.41 Å². The van der Waals surface area contributed by atoms with Crippen LogP contribution in [-0.2, 0) is 11.2 Å². The number of amides is 1. The second-order valence-electron chi connectivity index (χ2n) is 3.92. The monoisotopic (exact) mass is 239 g/mol. The van der Waals surface area contributed by atoms with Crippen LogP contribution in [0.4, 0.5) is 0 Å². The molecule has 17 heavy (non-hydrogen) atoms. The highest BCUT2D eigenvalue weighted by atomic mass is 16.5. The molecule has 0 aromatic carbocycles. The first-order valence-electron chi connectivity index (χ1n) is 5.20. The highest BCUT2D eigenvalue weighted by molar-refractivity contribution is 6.09. The molecule has 0 saturated heterocycles. The van der Waals surface area contributed by atoms with Gasteiger partial charge in [-0.1, -0.05) is 10.3 Å². The van der Waals surface area contributed by atoms with Crippen molar-refractivity contribution in [3.63, 3.8) is 0 Å². The first-order valence-corrected chi connectivity index (χ1v) is 5.20. The molecular formula is C9H13N5O3. The van der Waals surface area contributed by atoms with Gasteiger partial charge in [0.15, 0.2) is 11.7 Å². The minimum atomic E-state index is -0.813. The van der Waals surface area contributed by atoms with Crippen LogP contribution in [-0.4, -0.2) is 33.6 Å². The number of carbonyl (C=O) groups is 1. The van der Waals surface area contributed by atoms with Gasteiger partial charge in [0.1, 0.15) is 5.41 Å². The van der Waals surface area contributed by atoms with Crippen LogP contribution in [0.5, 0.6) is 0 Å². The molecule has 8 nitrogen and oxygen atoms in total. The quantitative estimate of drug-likeness (QED) is 0.268. The zero-order chi connectivity index (χ0) is 12.3. The lowest BCUT2D eigenvalue weighted by Gasteiger charge is -2.12. The fourth-order valence-corrected chi connectivity index (χ4v) is 1.58. The number of hydrogen-bond donors (Lipinski definition) is 3. The molecule has 1 aromatic rings. The minimum Gasteiger partial charge on any atom is -0.409 e. The van der Waals surface area contributed by atoms with E-state index >= 15 is 0 Å². The summed E-state index contributed by atoms with van der Waals surface area (Å²) in [7, 11) is 0. The topological polar surface area (TPSA) is 127 Å². The Bertz CT molecular complexity index is 424. The van der Waals surface area contributed by atoms with E-state index in [2.05, 4.69) is 25.1 Å². The number of nitrogens with one attached hydrogen (secondary N) is 1. The van der Waals surface area contributed by atoms with Crippen LogP contribution < -0.4 is 11.1 Å². The first-order chi connectivity index (χ1) is 8.19. The third-order valence-electron chi connectivity index (χ3n) is 2.82. The molecule has 1 heterocycles. The third-order valence-corrected chi connectivity index (χ3v) is 2.82. The van der Waals surface area contributed by atoms with E-state index in [0.29, 0.717) is 31.6 Å². The number of hydrogen-bond acceptors (Lipinski definition) is 6. The molecule has 1 aromatic heterocycles. The summed E-state index contributed by atoms with van der Waals surface area (Å²) in [5.74, 6) is 0.268. The zero-order valence-corrected chi connectivity index (χ0v) is 9.09. The van der Waals surface area contributed by atoms with Gasteiger partial charge in [0.25, 0.3) is 0 Å². The van der Waals surface area contributed by atoms with Gasteiger partial charge >= 0.3 is 0 Å². The third kappa shape index (κ3) is 2.19. The van der Waals surface area contributed by atoms with Gasteiger partial charge in [0.05, 0.1) is 0 Å². The highest BCUT2D eigenvalue weighted by Gasteiger charge is 2.54. The highest BCUT2D eigenvalue weighted by Crippen LogP contribution is 2.45. The van der Waals surface area contributed by atoms with Crippen LogP contribution >= 0.6 is 0 Å². The molecule has 4 N–H and O–H groups in total. The van der Waals surface area contributed by atoms with Gasteiger partial charge in [-0.05, 0) is 12.8 Å². The molecule has 0 atom stereocenters. The average molecular weight is 239 g/mol. The van der Waals surface area contributed by atoms with Gasteiger partial charge in [-0.25, -0.2) is 0 Å². The second kappa shape index (κ2) is 4.40. The van der Waals surface area contributed by atoms with E-state index in [-0.39, 0.29) is 11.7 Å². The van der Waals surface area contributed by atoms with Crippen molar-refractivity contribution >= 4 is 11.7 Å². The molecule has 1 amide bonds. The van der Waals surface area contributed by atoms with E-state index in [1.54, 1.807) is 0 Å². The Kier molecular flexibility index (Phi) is 2.94. The fourth-order valence-electron chi connectivity index (χ4n) is 1.58. The lowest BCUT2D eigenvalue weighted by molar-refractivity contribution is -0.124. The van der Waals surface area contributed by atoms with Crippen LogP contribution in [0.3, 0.4) is 0 Å². The number of aromatic nitrogens is 2. The Balaban J connectivity index is 1.82. The minimum absolute atomic E-state index is 0.0328. The largest absolute Gasteiger partial charge is 0.409 e. The number of amidine groups is 1. The molecule has 8 heteroatoms. The van der Waals surface area contributed by atoms with Crippen LogP contribution in [0.25, 0.3) is 0 Å². The summed E-state index contributed by atoms with van der Waals surface area (Å²) in [5, 5.41) is 17.8. The van der Waals surface area contributed by atoms with E-state index in [9.17, 15) is 4.79 Å². The molecule has 0 spiro atoms. The van der Waals surface area contributed by atoms with Crippen LogP contribution in [0.1, 0.15) is 18.7 Å². The average Bonchev–Trinajstić information content (AvgIpc) is 3.00. The van der Waals surface area contributed by atoms with Crippen molar-refractivity contribution in [2.75, 3.05) is 6.54 Å². The summed E-state index contributed by atoms with van der Waals surface area (Å²) >= 11 is 0. The normalized spacial score (nSPS) is 17.8. The van der Waals surface area contributed by atoms with Gasteiger partial charge in [-0.15, -0.1) is 0 Å². The van der Waals surface area contributed by atoms with Gasteiger partial charge in [-0.3, -0.25) is 4.79 Å². The van der Waals surface area contributed by atoms with E-state index < -0.39 is 5.41 Å².